The van der Waals surface area contributed by atoms with Crippen LogP contribution in [0.3, 0.4) is 0 Å². The Labute approximate surface area is 117 Å². The van der Waals surface area contributed by atoms with Gasteiger partial charge in [0.05, 0.1) is 17.8 Å². The first-order valence-corrected chi connectivity index (χ1v) is 6.06. The van der Waals surface area contributed by atoms with Crippen molar-refractivity contribution in [1.29, 1.82) is 0 Å². The Bertz CT molecular complexity index is 753. The summed E-state index contributed by atoms with van der Waals surface area (Å²) in [7, 11) is 0. The van der Waals surface area contributed by atoms with Gasteiger partial charge in [-0.05, 0) is 35.9 Å². The van der Waals surface area contributed by atoms with Gasteiger partial charge in [0, 0.05) is 6.07 Å². The summed E-state index contributed by atoms with van der Waals surface area (Å²) in [5, 5.41) is 0. The standard InChI is InChI=1S/C15H8F3NO2/c16-9-1-2-12-13(6-9)19(15(21)14(12)20)7-8-3-10(17)5-11(18)4-8/h1-6H,7H2. The van der Waals surface area contributed by atoms with E-state index in [0.717, 1.165) is 29.2 Å². The van der Waals surface area contributed by atoms with E-state index in [1.54, 1.807) is 0 Å². The minimum Gasteiger partial charge on any atom is -0.300 e. The van der Waals surface area contributed by atoms with E-state index in [9.17, 15) is 22.8 Å². The number of hydrogen-bond donors (Lipinski definition) is 0. The van der Waals surface area contributed by atoms with Gasteiger partial charge in [-0.15, -0.1) is 0 Å². The summed E-state index contributed by atoms with van der Waals surface area (Å²) < 4.78 is 39.6. The molecule has 3 rings (SSSR count). The van der Waals surface area contributed by atoms with Crippen LogP contribution >= 0.6 is 0 Å². The molecule has 0 aromatic heterocycles. The Morgan fingerprint density at radius 1 is 0.857 bits per heavy atom. The lowest BCUT2D eigenvalue weighted by Gasteiger charge is -2.16. The highest BCUT2D eigenvalue weighted by Gasteiger charge is 2.36. The van der Waals surface area contributed by atoms with Crippen LogP contribution in [-0.4, -0.2) is 11.7 Å². The minimum absolute atomic E-state index is 0.0817. The average Bonchev–Trinajstić information content (AvgIpc) is 2.62. The van der Waals surface area contributed by atoms with Gasteiger partial charge in [-0.25, -0.2) is 13.2 Å². The highest BCUT2D eigenvalue weighted by Crippen LogP contribution is 2.31. The number of amides is 1. The van der Waals surface area contributed by atoms with Crippen molar-refractivity contribution in [3.05, 3.63) is 65.0 Å². The lowest BCUT2D eigenvalue weighted by Crippen LogP contribution is -2.29. The van der Waals surface area contributed by atoms with Crippen LogP contribution in [0.4, 0.5) is 18.9 Å². The van der Waals surface area contributed by atoms with Gasteiger partial charge >= 0.3 is 0 Å². The fourth-order valence-electron chi connectivity index (χ4n) is 2.31. The molecule has 0 radical (unpaired) electrons. The molecule has 0 aliphatic carbocycles. The van der Waals surface area contributed by atoms with Crippen LogP contribution in [0.15, 0.2) is 36.4 Å². The quantitative estimate of drug-likeness (QED) is 0.798. The number of carbonyl (C=O) groups excluding carboxylic acids is 2. The third-order valence-electron chi connectivity index (χ3n) is 3.20. The van der Waals surface area contributed by atoms with E-state index in [-0.39, 0.29) is 23.4 Å². The Hall–Kier alpha value is -2.63. The molecule has 0 unspecified atom stereocenters. The first-order chi connectivity index (χ1) is 9.95. The molecule has 106 valence electrons. The number of Topliss-reactive ketones (excluding diaryl/α,β-unsaturated/α-hetero) is 1. The number of hydrogen-bond acceptors (Lipinski definition) is 2. The molecule has 2 aromatic rings. The van der Waals surface area contributed by atoms with E-state index in [1.165, 1.54) is 6.07 Å². The molecule has 0 atom stereocenters. The van der Waals surface area contributed by atoms with E-state index in [4.69, 9.17) is 0 Å². The fourth-order valence-corrected chi connectivity index (χ4v) is 2.31. The number of benzene rings is 2. The van der Waals surface area contributed by atoms with Gasteiger partial charge in [-0.1, -0.05) is 0 Å². The van der Waals surface area contributed by atoms with Crippen molar-refractivity contribution in [2.75, 3.05) is 4.90 Å². The SMILES string of the molecule is O=C1C(=O)N(Cc2cc(F)cc(F)c2)c2cc(F)ccc21. The number of halogens is 3. The van der Waals surface area contributed by atoms with Crippen LogP contribution in [0, 0.1) is 17.5 Å². The Kier molecular flexibility index (Phi) is 3.01. The molecule has 1 amide bonds. The average molecular weight is 291 g/mol. The molecule has 21 heavy (non-hydrogen) atoms. The highest BCUT2D eigenvalue weighted by atomic mass is 19.1. The maximum Gasteiger partial charge on any atom is 0.299 e. The van der Waals surface area contributed by atoms with Gasteiger partial charge in [0.15, 0.2) is 0 Å². The largest absolute Gasteiger partial charge is 0.300 e. The van der Waals surface area contributed by atoms with Gasteiger partial charge < -0.3 is 4.90 Å². The topological polar surface area (TPSA) is 37.4 Å². The molecule has 1 aliphatic heterocycles. The summed E-state index contributed by atoms with van der Waals surface area (Å²) in [6.45, 7) is -0.213. The molecule has 0 spiro atoms. The van der Waals surface area contributed by atoms with E-state index in [0.29, 0.717) is 6.07 Å². The monoisotopic (exact) mass is 291 g/mol. The van der Waals surface area contributed by atoms with Gasteiger partial charge in [0.2, 0.25) is 0 Å². The van der Waals surface area contributed by atoms with E-state index >= 15 is 0 Å². The molecule has 1 aliphatic rings. The molecule has 0 bridgehead atoms. The summed E-state index contributed by atoms with van der Waals surface area (Å²) in [5.41, 5.74) is 0.360. The number of carbonyl (C=O) groups is 2. The predicted octanol–water partition coefficient (Wildman–Crippen LogP) is 2.83. The minimum atomic E-state index is -0.847. The summed E-state index contributed by atoms with van der Waals surface area (Å²) in [6.07, 6.45) is 0. The second kappa shape index (κ2) is 4.73. The van der Waals surface area contributed by atoms with Gasteiger partial charge in [-0.3, -0.25) is 9.59 Å². The highest BCUT2D eigenvalue weighted by molar-refractivity contribution is 6.52. The third-order valence-corrected chi connectivity index (χ3v) is 3.20. The Balaban J connectivity index is 2.01. The predicted molar refractivity (Wildman–Crippen MR) is 68.3 cm³/mol. The molecule has 6 heteroatoms. The van der Waals surface area contributed by atoms with Gasteiger partial charge in [-0.2, -0.15) is 0 Å². The van der Waals surface area contributed by atoms with E-state index in [2.05, 4.69) is 0 Å². The lowest BCUT2D eigenvalue weighted by molar-refractivity contribution is -0.114. The van der Waals surface area contributed by atoms with Gasteiger partial charge in [0.25, 0.3) is 11.7 Å². The van der Waals surface area contributed by atoms with Crippen LogP contribution in [0.5, 0.6) is 0 Å². The first-order valence-electron chi connectivity index (χ1n) is 6.06. The molecule has 1 heterocycles. The fraction of sp³-hybridized carbons (Fsp3) is 0.0667. The smallest absolute Gasteiger partial charge is 0.299 e. The second-order valence-electron chi connectivity index (χ2n) is 4.66. The zero-order valence-corrected chi connectivity index (χ0v) is 10.6. The lowest BCUT2D eigenvalue weighted by atomic mass is 10.1. The molecule has 0 saturated carbocycles. The maximum absolute atomic E-state index is 13.3. The number of rotatable bonds is 2. The van der Waals surface area contributed by atoms with Crippen LogP contribution < -0.4 is 4.90 Å². The van der Waals surface area contributed by atoms with Crippen LogP contribution in [0.1, 0.15) is 15.9 Å². The van der Waals surface area contributed by atoms with Crippen molar-refractivity contribution in [3.8, 4) is 0 Å². The third kappa shape index (κ3) is 2.29. The van der Waals surface area contributed by atoms with Crippen molar-refractivity contribution in [2.24, 2.45) is 0 Å². The molecular formula is C15H8F3NO2. The van der Waals surface area contributed by atoms with Crippen molar-refractivity contribution < 1.29 is 22.8 Å². The Morgan fingerprint density at radius 2 is 1.52 bits per heavy atom. The normalized spacial score (nSPS) is 13.8. The number of ketones is 1. The summed E-state index contributed by atoms with van der Waals surface area (Å²) >= 11 is 0. The van der Waals surface area contributed by atoms with Crippen molar-refractivity contribution >= 4 is 17.4 Å². The molecule has 0 saturated heterocycles. The van der Waals surface area contributed by atoms with E-state index in [1.807, 2.05) is 0 Å². The summed E-state index contributed by atoms with van der Waals surface area (Å²) in [4.78, 5) is 24.7. The van der Waals surface area contributed by atoms with Gasteiger partial charge in [0.1, 0.15) is 17.5 Å². The van der Waals surface area contributed by atoms with E-state index < -0.39 is 29.1 Å². The van der Waals surface area contributed by atoms with Crippen LogP contribution in [0.25, 0.3) is 0 Å². The zero-order chi connectivity index (χ0) is 15.1. The van der Waals surface area contributed by atoms with Crippen molar-refractivity contribution in [1.82, 2.24) is 0 Å². The van der Waals surface area contributed by atoms with Crippen molar-refractivity contribution in [2.45, 2.75) is 6.54 Å². The number of fused-ring (bicyclic) bond motifs is 1. The first kappa shape index (κ1) is 13.4. The molecule has 2 aromatic carbocycles. The number of nitrogens with zero attached hydrogens (tertiary/aromatic N) is 1. The maximum atomic E-state index is 13.3. The van der Waals surface area contributed by atoms with Crippen molar-refractivity contribution in [3.63, 3.8) is 0 Å². The molecule has 0 N–H and O–H groups in total. The zero-order valence-electron chi connectivity index (χ0n) is 10.6. The summed E-state index contributed by atoms with van der Waals surface area (Å²) in [5.74, 6) is -3.79. The second-order valence-corrected chi connectivity index (χ2v) is 4.66. The number of anilines is 1. The van der Waals surface area contributed by atoms with Crippen LogP contribution in [-0.2, 0) is 11.3 Å². The molecular weight excluding hydrogens is 283 g/mol. The summed E-state index contributed by atoms with van der Waals surface area (Å²) in [6, 6.07) is 6.16. The molecule has 3 nitrogen and oxygen atoms in total. The Morgan fingerprint density at radius 3 is 2.19 bits per heavy atom. The van der Waals surface area contributed by atoms with Crippen LogP contribution in [0.2, 0.25) is 0 Å². The molecule has 0 fully saturated rings.